The fourth-order valence-electron chi connectivity index (χ4n) is 3.08. The van der Waals surface area contributed by atoms with Gasteiger partial charge in [0.2, 0.25) is 0 Å². The third-order valence-electron chi connectivity index (χ3n) is 4.29. The van der Waals surface area contributed by atoms with Crippen molar-refractivity contribution in [3.63, 3.8) is 0 Å². The van der Waals surface area contributed by atoms with E-state index < -0.39 is 0 Å². The van der Waals surface area contributed by atoms with Gasteiger partial charge < -0.3 is 0 Å². The molecule has 4 rings (SSSR count). The lowest BCUT2D eigenvalue weighted by molar-refractivity contribution is -0.384. The molecule has 1 aliphatic rings. The Hall–Kier alpha value is -2.79. The van der Waals surface area contributed by atoms with Gasteiger partial charge in [0, 0.05) is 22.8 Å². The summed E-state index contributed by atoms with van der Waals surface area (Å²) >= 11 is 3.42. The number of rotatable bonds is 3. The van der Waals surface area contributed by atoms with Gasteiger partial charge in [0.15, 0.2) is 0 Å². The molecule has 25 heavy (non-hydrogen) atoms. The molecule has 0 atom stereocenters. The quantitative estimate of drug-likeness (QED) is 0.256. The van der Waals surface area contributed by atoms with E-state index in [1.807, 2.05) is 48.7 Å². The Kier molecular flexibility index (Phi) is 3.93. The van der Waals surface area contributed by atoms with Crippen molar-refractivity contribution in [1.29, 1.82) is 0 Å². The third kappa shape index (κ3) is 3.10. The van der Waals surface area contributed by atoms with Crippen molar-refractivity contribution in [2.45, 2.75) is 6.42 Å². The fraction of sp³-hybridized carbons (Fsp3) is 0.0500. The van der Waals surface area contributed by atoms with E-state index in [9.17, 15) is 10.1 Å². The zero-order valence-electron chi connectivity index (χ0n) is 13.1. The van der Waals surface area contributed by atoms with E-state index in [2.05, 4.69) is 27.0 Å². The Labute approximate surface area is 153 Å². The zero-order chi connectivity index (χ0) is 17.4. The number of non-ortho nitro benzene ring substituents is 1. The highest BCUT2D eigenvalue weighted by molar-refractivity contribution is 9.10. The highest BCUT2D eigenvalue weighted by atomic mass is 79.9. The van der Waals surface area contributed by atoms with E-state index in [0.717, 1.165) is 38.0 Å². The molecule has 3 aromatic rings. The van der Waals surface area contributed by atoms with Crippen molar-refractivity contribution >= 4 is 33.5 Å². The van der Waals surface area contributed by atoms with Crippen LogP contribution in [-0.2, 0) is 6.42 Å². The van der Waals surface area contributed by atoms with Crippen LogP contribution >= 0.6 is 15.9 Å². The number of nitrogens with zero attached hydrogens (tertiary/aromatic N) is 2. The summed E-state index contributed by atoms with van der Waals surface area (Å²) in [4.78, 5) is 15.1. The smallest absolute Gasteiger partial charge is 0.258 e. The van der Waals surface area contributed by atoms with Gasteiger partial charge in [0.05, 0.1) is 10.6 Å². The molecule has 5 heteroatoms. The van der Waals surface area contributed by atoms with Gasteiger partial charge in [0.25, 0.3) is 5.69 Å². The summed E-state index contributed by atoms with van der Waals surface area (Å²) < 4.78 is 1.04. The van der Waals surface area contributed by atoms with Crippen molar-refractivity contribution in [2.24, 2.45) is 4.99 Å². The van der Waals surface area contributed by atoms with E-state index >= 15 is 0 Å². The molecule has 0 bridgehead atoms. The van der Waals surface area contributed by atoms with Crippen LogP contribution in [0.5, 0.6) is 0 Å². The minimum Gasteiger partial charge on any atom is -0.258 e. The molecular weight excluding hydrogens is 380 g/mol. The van der Waals surface area contributed by atoms with Crippen LogP contribution in [0.15, 0.2) is 70.1 Å². The van der Waals surface area contributed by atoms with Crippen LogP contribution in [0.25, 0.3) is 11.1 Å². The monoisotopic (exact) mass is 392 g/mol. The van der Waals surface area contributed by atoms with E-state index in [1.54, 1.807) is 12.1 Å². The molecule has 0 fully saturated rings. The van der Waals surface area contributed by atoms with E-state index in [4.69, 9.17) is 0 Å². The molecule has 0 aromatic heterocycles. The van der Waals surface area contributed by atoms with Crippen LogP contribution in [0.4, 0.5) is 11.4 Å². The largest absolute Gasteiger partial charge is 0.269 e. The predicted octanol–water partition coefficient (Wildman–Crippen LogP) is 5.68. The molecule has 0 aliphatic heterocycles. The van der Waals surface area contributed by atoms with E-state index in [-0.39, 0.29) is 10.6 Å². The molecule has 0 radical (unpaired) electrons. The highest BCUT2D eigenvalue weighted by Crippen LogP contribution is 2.39. The second-order valence-electron chi connectivity index (χ2n) is 5.93. The maximum atomic E-state index is 11.0. The summed E-state index contributed by atoms with van der Waals surface area (Å²) in [6, 6.07) is 19.1. The van der Waals surface area contributed by atoms with Crippen LogP contribution in [0, 0.1) is 10.1 Å². The minimum absolute atomic E-state index is 0.139. The number of halogens is 1. The number of nitro groups is 1. The molecule has 0 saturated carbocycles. The lowest BCUT2D eigenvalue weighted by Crippen LogP contribution is -1.89. The van der Waals surface area contributed by atoms with Gasteiger partial charge in [-0.3, -0.25) is 15.1 Å². The third-order valence-corrected chi connectivity index (χ3v) is 4.82. The number of hydrogen-bond acceptors (Lipinski definition) is 3. The van der Waals surface area contributed by atoms with E-state index in [1.165, 1.54) is 0 Å². The Morgan fingerprint density at radius 1 is 0.960 bits per heavy atom. The number of aliphatic imine (C=N–C) groups is 1. The number of nitro benzene ring substituents is 1. The normalized spacial score (nSPS) is 12.2. The van der Waals surface area contributed by atoms with Crippen LogP contribution in [0.1, 0.15) is 16.7 Å². The number of hydrogen-bond donors (Lipinski definition) is 0. The van der Waals surface area contributed by atoms with Crippen molar-refractivity contribution < 1.29 is 4.92 Å². The summed E-state index contributed by atoms with van der Waals surface area (Å²) in [5, 5.41) is 11.0. The SMILES string of the molecule is O=[N+]([O-])c1ccc2c(c1)Cc1cc(N=Cc3ccc(Br)cc3)ccc1-2. The Morgan fingerprint density at radius 3 is 2.36 bits per heavy atom. The number of fused-ring (bicyclic) bond motifs is 3. The molecule has 122 valence electrons. The molecule has 0 spiro atoms. The van der Waals surface area contributed by atoms with Gasteiger partial charge >= 0.3 is 0 Å². The van der Waals surface area contributed by atoms with Crippen molar-refractivity contribution in [3.8, 4) is 11.1 Å². The fourth-order valence-corrected chi connectivity index (χ4v) is 3.34. The summed E-state index contributed by atoms with van der Waals surface area (Å²) in [6.07, 6.45) is 2.54. The summed E-state index contributed by atoms with van der Waals surface area (Å²) in [7, 11) is 0. The Morgan fingerprint density at radius 2 is 1.64 bits per heavy atom. The molecule has 3 aromatic carbocycles. The van der Waals surface area contributed by atoms with Crippen LogP contribution < -0.4 is 0 Å². The molecule has 1 aliphatic carbocycles. The van der Waals surface area contributed by atoms with Crippen LogP contribution in [0.3, 0.4) is 0 Å². The molecule has 0 heterocycles. The second-order valence-corrected chi connectivity index (χ2v) is 6.84. The first-order valence-electron chi connectivity index (χ1n) is 7.80. The van der Waals surface area contributed by atoms with Gasteiger partial charge in [-0.2, -0.15) is 0 Å². The molecule has 0 unspecified atom stereocenters. The second kappa shape index (κ2) is 6.26. The van der Waals surface area contributed by atoms with Crippen molar-refractivity contribution in [1.82, 2.24) is 0 Å². The maximum Gasteiger partial charge on any atom is 0.269 e. The first kappa shape index (κ1) is 15.7. The van der Waals surface area contributed by atoms with Crippen LogP contribution in [0.2, 0.25) is 0 Å². The zero-order valence-corrected chi connectivity index (χ0v) is 14.7. The summed E-state index contributed by atoms with van der Waals surface area (Å²) in [6.45, 7) is 0. The lowest BCUT2D eigenvalue weighted by atomic mass is 10.1. The van der Waals surface area contributed by atoms with Gasteiger partial charge in [-0.1, -0.05) is 34.1 Å². The highest BCUT2D eigenvalue weighted by Gasteiger charge is 2.21. The first-order valence-corrected chi connectivity index (χ1v) is 8.60. The van der Waals surface area contributed by atoms with Crippen molar-refractivity contribution in [3.05, 3.63) is 91.9 Å². The molecule has 0 saturated heterocycles. The van der Waals surface area contributed by atoms with Crippen LogP contribution in [-0.4, -0.2) is 11.1 Å². The standard InChI is InChI=1S/C20H13BrN2O2/c21-16-3-1-13(2-4-16)12-22-17-5-7-19-14(10-17)9-15-11-18(23(24)25)6-8-20(15)19/h1-8,10-12H,9H2. The van der Waals surface area contributed by atoms with Gasteiger partial charge in [-0.15, -0.1) is 0 Å². The molecule has 0 N–H and O–H groups in total. The summed E-state index contributed by atoms with van der Waals surface area (Å²) in [5.74, 6) is 0. The molecule has 0 amide bonds. The Balaban J connectivity index is 1.62. The van der Waals surface area contributed by atoms with Gasteiger partial charge in [0.1, 0.15) is 0 Å². The summed E-state index contributed by atoms with van der Waals surface area (Å²) in [5.41, 5.74) is 6.40. The number of benzene rings is 3. The maximum absolute atomic E-state index is 11.0. The average Bonchev–Trinajstić information content (AvgIpc) is 2.98. The first-order chi connectivity index (χ1) is 12.1. The predicted molar refractivity (Wildman–Crippen MR) is 103 cm³/mol. The minimum atomic E-state index is -0.350. The lowest BCUT2D eigenvalue weighted by Gasteiger charge is -2.02. The Bertz CT molecular complexity index is 1010. The van der Waals surface area contributed by atoms with Crippen molar-refractivity contribution in [2.75, 3.05) is 0 Å². The van der Waals surface area contributed by atoms with Gasteiger partial charge in [-0.25, -0.2) is 0 Å². The molecule has 4 nitrogen and oxygen atoms in total. The topological polar surface area (TPSA) is 55.5 Å². The average molecular weight is 393 g/mol. The molecular formula is C20H13BrN2O2. The van der Waals surface area contributed by atoms with Gasteiger partial charge in [-0.05, 0) is 64.6 Å². The van der Waals surface area contributed by atoms with E-state index in [0.29, 0.717) is 6.42 Å².